The Morgan fingerprint density at radius 2 is 1.65 bits per heavy atom. The van der Waals surface area contributed by atoms with Crippen molar-refractivity contribution in [1.82, 2.24) is 4.90 Å². The maximum Gasteiger partial charge on any atom is 0.0354 e. The summed E-state index contributed by atoms with van der Waals surface area (Å²) < 4.78 is 0. The highest BCUT2D eigenvalue weighted by Gasteiger charge is 2.45. The molecule has 1 aliphatic carbocycles. The van der Waals surface area contributed by atoms with Gasteiger partial charge in [-0.25, -0.2) is 0 Å². The quantitative estimate of drug-likeness (QED) is 0.709. The van der Waals surface area contributed by atoms with Crippen LogP contribution in [-0.4, -0.2) is 24.0 Å². The molecule has 2 aliphatic heterocycles. The average Bonchev–Trinajstić information content (AvgIpc) is 3.00. The zero-order chi connectivity index (χ0) is 14.7. The van der Waals surface area contributed by atoms with Crippen molar-refractivity contribution in [2.75, 3.05) is 7.05 Å². The van der Waals surface area contributed by atoms with Crippen molar-refractivity contribution in [1.29, 1.82) is 0 Å². The fourth-order valence-corrected chi connectivity index (χ4v) is 5.02. The van der Waals surface area contributed by atoms with Crippen LogP contribution in [0, 0.1) is 0 Å². The molecule has 0 aromatic heterocycles. The summed E-state index contributed by atoms with van der Waals surface area (Å²) in [6, 6.07) is 21.6. The van der Waals surface area contributed by atoms with Crippen LogP contribution in [0.5, 0.6) is 0 Å². The van der Waals surface area contributed by atoms with E-state index in [2.05, 4.69) is 66.5 Å². The topological polar surface area (TPSA) is 3.24 Å². The Balaban J connectivity index is 0.00000135. The summed E-state index contributed by atoms with van der Waals surface area (Å²) >= 11 is 0. The van der Waals surface area contributed by atoms with Crippen molar-refractivity contribution in [2.24, 2.45) is 0 Å². The first-order chi connectivity index (χ1) is 10.8. The zero-order valence-electron chi connectivity index (χ0n) is 13.0. The van der Waals surface area contributed by atoms with Crippen LogP contribution < -0.4 is 0 Å². The van der Waals surface area contributed by atoms with Crippen molar-refractivity contribution in [3.05, 3.63) is 76.9 Å². The normalized spacial score (nSPS) is 28.3. The third-order valence-corrected chi connectivity index (χ3v) is 6.02. The number of rotatable bonds is 1. The van der Waals surface area contributed by atoms with E-state index >= 15 is 0 Å². The molecule has 5 rings (SSSR count). The van der Waals surface area contributed by atoms with E-state index in [1.807, 2.05) is 0 Å². The maximum atomic E-state index is 2.63. The van der Waals surface area contributed by atoms with E-state index in [1.54, 1.807) is 11.1 Å². The van der Waals surface area contributed by atoms with Crippen LogP contribution in [0.1, 0.15) is 49.3 Å². The van der Waals surface area contributed by atoms with Gasteiger partial charge in [-0.15, -0.1) is 0 Å². The third kappa shape index (κ3) is 1.96. The monoisotopic (exact) mass is 303 g/mol. The highest BCUT2D eigenvalue weighted by atomic mass is 15.2. The number of likely N-dealkylation sites (N-methyl/N-ethyl adjacent to an activating group) is 1. The smallest absolute Gasteiger partial charge is 0.0354 e. The van der Waals surface area contributed by atoms with Crippen molar-refractivity contribution in [3.8, 4) is 0 Å². The van der Waals surface area contributed by atoms with E-state index < -0.39 is 0 Å². The van der Waals surface area contributed by atoms with Gasteiger partial charge in [0.25, 0.3) is 0 Å². The van der Waals surface area contributed by atoms with Crippen molar-refractivity contribution < 1.29 is 0 Å². The Morgan fingerprint density at radius 3 is 2.48 bits per heavy atom. The lowest BCUT2D eigenvalue weighted by Gasteiger charge is -2.34. The molecule has 1 heteroatoms. The second-order valence-corrected chi connectivity index (χ2v) is 6.99. The van der Waals surface area contributed by atoms with Crippen LogP contribution in [-0.2, 0) is 0 Å². The fourth-order valence-electron chi connectivity index (χ4n) is 5.02. The largest absolute Gasteiger partial charge is 0.296 e. The van der Waals surface area contributed by atoms with E-state index in [0.29, 0.717) is 12.0 Å². The molecule has 0 amide bonds. The van der Waals surface area contributed by atoms with Crippen molar-refractivity contribution in [2.45, 2.75) is 44.7 Å². The van der Waals surface area contributed by atoms with Gasteiger partial charge in [0.1, 0.15) is 0 Å². The van der Waals surface area contributed by atoms with Crippen LogP contribution in [0.3, 0.4) is 0 Å². The van der Waals surface area contributed by atoms with Crippen LogP contribution >= 0.6 is 0 Å². The van der Waals surface area contributed by atoms with Gasteiger partial charge in [-0.1, -0.05) is 67.6 Å². The Hall–Kier alpha value is -1.86. The van der Waals surface area contributed by atoms with Gasteiger partial charge < -0.3 is 0 Å². The summed E-state index contributed by atoms with van der Waals surface area (Å²) in [6.07, 6.45) is 3.93. The summed E-state index contributed by atoms with van der Waals surface area (Å²) in [5.74, 6) is 0.490. The molecule has 118 valence electrons. The molecule has 1 nitrogen and oxygen atoms in total. The molecule has 3 atom stereocenters. The summed E-state index contributed by atoms with van der Waals surface area (Å²) in [5.41, 5.74) is 7.87. The lowest BCUT2D eigenvalue weighted by Crippen LogP contribution is -2.37. The Morgan fingerprint density at radius 1 is 0.913 bits per heavy atom. The first kappa shape index (κ1) is 14.7. The van der Waals surface area contributed by atoms with Gasteiger partial charge in [0, 0.05) is 18.0 Å². The third-order valence-electron chi connectivity index (χ3n) is 6.02. The minimum Gasteiger partial charge on any atom is -0.296 e. The number of benzene rings is 2. The number of hydrogen-bond acceptors (Lipinski definition) is 1. The molecule has 3 aliphatic rings. The molecule has 2 heterocycles. The molecule has 0 N–H and O–H groups in total. The molecule has 0 spiro atoms. The summed E-state index contributed by atoms with van der Waals surface area (Å²) in [7, 11) is 2.32. The predicted octanol–water partition coefficient (Wildman–Crippen LogP) is 5.09. The molecule has 0 radical (unpaired) electrons. The van der Waals surface area contributed by atoms with Gasteiger partial charge in [-0.05, 0) is 48.6 Å². The van der Waals surface area contributed by atoms with Crippen LogP contribution in [0.4, 0.5) is 0 Å². The molecule has 1 fully saturated rings. The van der Waals surface area contributed by atoms with Gasteiger partial charge in [-0.2, -0.15) is 0 Å². The molecule has 2 bridgehead atoms. The van der Waals surface area contributed by atoms with E-state index in [4.69, 9.17) is 0 Å². The molecule has 3 unspecified atom stereocenters. The zero-order valence-corrected chi connectivity index (χ0v) is 13.0. The number of nitrogens with zero attached hydrogens (tertiary/aromatic N) is 1. The molecule has 1 saturated heterocycles. The summed E-state index contributed by atoms with van der Waals surface area (Å²) in [4.78, 5) is 2.63. The second kappa shape index (κ2) is 5.35. The lowest BCUT2D eigenvalue weighted by atomic mass is 9.84. The van der Waals surface area contributed by atoms with Crippen molar-refractivity contribution >= 4 is 5.57 Å². The van der Waals surface area contributed by atoms with E-state index in [9.17, 15) is 0 Å². The molecule has 0 saturated carbocycles. The van der Waals surface area contributed by atoms with Crippen molar-refractivity contribution in [3.63, 3.8) is 0 Å². The van der Waals surface area contributed by atoms with Gasteiger partial charge in [0.2, 0.25) is 0 Å². The Kier molecular flexibility index (Phi) is 3.42. The molecular formula is C22H25N. The SMILES string of the molecule is C.CN1C2CCC1C1=C(C2)C(c2ccccc2)c2ccccc21. The standard InChI is InChI=1S/C21H21N.CH4/c1-22-15-11-12-19(22)21-17-10-6-5-9-16(17)20(18(21)13-15)14-7-3-2-4-8-14;/h2-10,15,19-20H,11-13H2,1H3;1H4. The van der Waals surface area contributed by atoms with Gasteiger partial charge in [0.05, 0.1) is 0 Å². The highest BCUT2D eigenvalue weighted by molar-refractivity contribution is 5.84. The van der Waals surface area contributed by atoms with Gasteiger partial charge in [-0.3, -0.25) is 4.90 Å². The number of fused-ring (bicyclic) bond motifs is 5. The maximum absolute atomic E-state index is 2.63. The second-order valence-electron chi connectivity index (χ2n) is 6.99. The fraction of sp³-hybridized carbons (Fsp3) is 0.364. The number of hydrogen-bond donors (Lipinski definition) is 0. The van der Waals surface area contributed by atoms with E-state index in [1.165, 1.54) is 36.0 Å². The van der Waals surface area contributed by atoms with Crippen LogP contribution in [0.15, 0.2) is 60.2 Å². The average molecular weight is 303 g/mol. The highest BCUT2D eigenvalue weighted by Crippen LogP contribution is 2.54. The molecule has 2 aromatic carbocycles. The molecule has 2 aromatic rings. The molecular weight excluding hydrogens is 278 g/mol. The van der Waals surface area contributed by atoms with Gasteiger partial charge >= 0.3 is 0 Å². The first-order valence-corrected chi connectivity index (χ1v) is 8.43. The van der Waals surface area contributed by atoms with E-state index in [0.717, 1.165) is 6.04 Å². The minimum atomic E-state index is 0. The van der Waals surface area contributed by atoms with Crippen LogP contribution in [0.25, 0.3) is 5.57 Å². The predicted molar refractivity (Wildman–Crippen MR) is 97.6 cm³/mol. The van der Waals surface area contributed by atoms with E-state index in [-0.39, 0.29) is 7.43 Å². The minimum absolute atomic E-state index is 0. The summed E-state index contributed by atoms with van der Waals surface area (Å²) in [5, 5.41) is 0. The Bertz CT molecular complexity index is 759. The van der Waals surface area contributed by atoms with Crippen LogP contribution in [0.2, 0.25) is 0 Å². The first-order valence-electron chi connectivity index (χ1n) is 8.43. The molecule has 23 heavy (non-hydrogen) atoms. The summed E-state index contributed by atoms with van der Waals surface area (Å²) in [6.45, 7) is 0. The Labute approximate surface area is 139 Å². The van der Waals surface area contributed by atoms with Gasteiger partial charge in [0.15, 0.2) is 0 Å². The lowest BCUT2D eigenvalue weighted by molar-refractivity contribution is 0.261.